The van der Waals surface area contributed by atoms with Gasteiger partial charge in [-0.05, 0) is 24.6 Å². The molecule has 1 heterocycles. The molecule has 0 aliphatic heterocycles. The van der Waals surface area contributed by atoms with Crippen LogP contribution >= 0.6 is 34.5 Å². The quantitative estimate of drug-likeness (QED) is 0.781. The minimum Gasteiger partial charge on any atom is -0.344 e. The third-order valence-corrected chi connectivity index (χ3v) is 4.63. The van der Waals surface area contributed by atoms with Crippen molar-refractivity contribution in [1.82, 2.24) is 4.98 Å². The Balaban J connectivity index is 2.27. The number of halogens is 2. The van der Waals surface area contributed by atoms with Gasteiger partial charge in [0.25, 0.3) is 0 Å². The van der Waals surface area contributed by atoms with Crippen LogP contribution in [-0.4, -0.2) is 18.3 Å². The number of hydrogen-bond donors (Lipinski definition) is 0. The van der Waals surface area contributed by atoms with Gasteiger partial charge in [-0.25, -0.2) is 4.98 Å². The summed E-state index contributed by atoms with van der Waals surface area (Å²) in [4.78, 5) is 17.4. The Morgan fingerprint density at radius 1 is 1.42 bits per heavy atom. The van der Waals surface area contributed by atoms with Gasteiger partial charge in [0.05, 0.1) is 6.04 Å². The van der Waals surface area contributed by atoms with Gasteiger partial charge in [-0.1, -0.05) is 46.7 Å². The maximum absolute atomic E-state index is 10.8. The van der Waals surface area contributed by atoms with Crippen LogP contribution in [0.15, 0.2) is 24.3 Å². The fourth-order valence-electron chi connectivity index (χ4n) is 1.68. The zero-order valence-electron chi connectivity index (χ0n) is 10.4. The molecule has 0 N–H and O–H groups in total. The van der Waals surface area contributed by atoms with E-state index in [0.29, 0.717) is 15.0 Å². The van der Waals surface area contributed by atoms with Gasteiger partial charge in [-0.15, -0.1) is 0 Å². The fraction of sp³-hybridized carbons (Fsp3) is 0.231. The lowest BCUT2D eigenvalue weighted by Crippen LogP contribution is -2.21. The Hall–Kier alpha value is -1.10. The van der Waals surface area contributed by atoms with E-state index in [4.69, 9.17) is 23.2 Å². The van der Waals surface area contributed by atoms with Crippen molar-refractivity contribution in [1.29, 1.82) is 0 Å². The summed E-state index contributed by atoms with van der Waals surface area (Å²) in [6, 6.07) is 7.75. The molecule has 0 fully saturated rings. The van der Waals surface area contributed by atoms with E-state index in [0.717, 1.165) is 11.8 Å². The van der Waals surface area contributed by atoms with Crippen LogP contribution in [0.2, 0.25) is 10.2 Å². The predicted octanol–water partition coefficient (Wildman–Crippen LogP) is 4.46. The predicted molar refractivity (Wildman–Crippen MR) is 80.8 cm³/mol. The second-order valence-corrected chi connectivity index (χ2v) is 5.91. The van der Waals surface area contributed by atoms with Crippen LogP contribution in [-0.2, 0) is 0 Å². The van der Waals surface area contributed by atoms with Crippen molar-refractivity contribution in [2.24, 2.45) is 0 Å². The first-order valence-electron chi connectivity index (χ1n) is 5.62. The Labute approximate surface area is 125 Å². The van der Waals surface area contributed by atoms with E-state index in [-0.39, 0.29) is 11.2 Å². The largest absolute Gasteiger partial charge is 0.344 e. The van der Waals surface area contributed by atoms with Crippen LogP contribution in [0.4, 0.5) is 5.13 Å². The molecule has 0 saturated heterocycles. The molecule has 0 aliphatic rings. The van der Waals surface area contributed by atoms with E-state index in [1.165, 1.54) is 11.3 Å². The zero-order valence-corrected chi connectivity index (χ0v) is 12.8. The number of aldehydes is 1. The number of thiazole rings is 1. The maximum atomic E-state index is 10.8. The second-order valence-electron chi connectivity index (χ2n) is 4.11. The Kier molecular flexibility index (Phi) is 4.45. The summed E-state index contributed by atoms with van der Waals surface area (Å²) in [7, 11) is 1.91. The minimum absolute atomic E-state index is 0.0837. The summed E-state index contributed by atoms with van der Waals surface area (Å²) < 4.78 is 0. The van der Waals surface area contributed by atoms with E-state index in [9.17, 15) is 4.79 Å². The molecule has 19 heavy (non-hydrogen) atoms. The Bertz CT molecular complexity index is 600. The molecule has 0 amide bonds. The monoisotopic (exact) mass is 314 g/mol. The molecule has 1 unspecified atom stereocenters. The highest BCUT2D eigenvalue weighted by atomic mass is 35.5. The molecule has 2 rings (SSSR count). The summed E-state index contributed by atoms with van der Waals surface area (Å²) in [5.74, 6) is 0. The first-order valence-corrected chi connectivity index (χ1v) is 7.20. The smallest absolute Gasteiger partial charge is 0.187 e. The van der Waals surface area contributed by atoms with Gasteiger partial charge in [-0.2, -0.15) is 0 Å². The normalized spacial score (nSPS) is 12.2. The lowest BCUT2D eigenvalue weighted by atomic mass is 10.1. The number of hydrogen-bond acceptors (Lipinski definition) is 4. The van der Waals surface area contributed by atoms with Crippen LogP contribution in [0.3, 0.4) is 0 Å². The first kappa shape index (κ1) is 14.3. The third kappa shape index (κ3) is 3.08. The molecule has 6 heteroatoms. The average Bonchev–Trinajstić information content (AvgIpc) is 2.78. The van der Waals surface area contributed by atoms with Crippen molar-refractivity contribution in [3.63, 3.8) is 0 Å². The highest BCUT2D eigenvalue weighted by Crippen LogP contribution is 2.32. The minimum atomic E-state index is 0.0837. The summed E-state index contributed by atoms with van der Waals surface area (Å²) in [5, 5.41) is 1.66. The van der Waals surface area contributed by atoms with Crippen molar-refractivity contribution in [2.75, 3.05) is 11.9 Å². The Morgan fingerprint density at radius 3 is 2.74 bits per heavy atom. The molecule has 100 valence electrons. The highest BCUT2D eigenvalue weighted by Gasteiger charge is 2.18. The zero-order chi connectivity index (χ0) is 14.0. The number of rotatable bonds is 4. The van der Waals surface area contributed by atoms with Gasteiger partial charge in [0.2, 0.25) is 0 Å². The van der Waals surface area contributed by atoms with Crippen LogP contribution in [0.1, 0.15) is 28.2 Å². The van der Waals surface area contributed by atoms with Gasteiger partial charge in [0.15, 0.2) is 16.6 Å². The summed E-state index contributed by atoms with van der Waals surface area (Å²) in [6.45, 7) is 2.04. The number of anilines is 1. The highest BCUT2D eigenvalue weighted by molar-refractivity contribution is 7.17. The molecule has 0 spiro atoms. The molecular weight excluding hydrogens is 303 g/mol. The number of aromatic nitrogens is 1. The van der Waals surface area contributed by atoms with Gasteiger partial charge in [0.1, 0.15) is 4.88 Å². The molecule has 2 aromatic rings. The van der Waals surface area contributed by atoms with Crippen molar-refractivity contribution < 1.29 is 4.79 Å². The van der Waals surface area contributed by atoms with E-state index < -0.39 is 0 Å². The molecule has 1 aromatic heterocycles. The molecular formula is C13H12Cl2N2OS. The number of nitrogens with zero attached hydrogens (tertiary/aromatic N) is 2. The fourth-order valence-corrected chi connectivity index (χ4v) is 2.98. The lowest BCUT2D eigenvalue weighted by molar-refractivity contribution is 0.112. The van der Waals surface area contributed by atoms with Crippen molar-refractivity contribution in [3.8, 4) is 0 Å². The molecule has 0 aliphatic carbocycles. The molecule has 1 aromatic carbocycles. The van der Waals surface area contributed by atoms with Crippen molar-refractivity contribution in [2.45, 2.75) is 13.0 Å². The SMILES string of the molecule is CC(c1cccc(Cl)c1)N(C)c1nc(Cl)c(C=O)s1. The van der Waals surface area contributed by atoms with E-state index >= 15 is 0 Å². The lowest BCUT2D eigenvalue weighted by Gasteiger charge is -2.24. The Morgan fingerprint density at radius 2 is 2.16 bits per heavy atom. The molecule has 0 radical (unpaired) electrons. The molecule has 1 atom stereocenters. The van der Waals surface area contributed by atoms with Crippen LogP contribution in [0, 0.1) is 0 Å². The van der Waals surface area contributed by atoms with Crippen LogP contribution in [0.25, 0.3) is 0 Å². The standard InChI is InChI=1S/C13H12Cl2N2OS/c1-8(9-4-3-5-10(14)6-9)17(2)13-16-12(15)11(7-18)19-13/h3-8H,1-2H3. The summed E-state index contributed by atoms with van der Waals surface area (Å²) >= 11 is 13.2. The molecule has 0 saturated carbocycles. The number of carbonyl (C=O) groups is 1. The van der Waals surface area contributed by atoms with E-state index in [1.54, 1.807) is 0 Å². The first-order chi connectivity index (χ1) is 9.02. The topological polar surface area (TPSA) is 33.2 Å². The molecule has 0 bridgehead atoms. The number of carbonyl (C=O) groups excluding carboxylic acids is 1. The van der Waals surface area contributed by atoms with Gasteiger partial charge in [0, 0.05) is 12.1 Å². The number of benzene rings is 1. The summed E-state index contributed by atoms with van der Waals surface area (Å²) in [6.07, 6.45) is 0.724. The van der Waals surface area contributed by atoms with E-state index in [1.807, 2.05) is 43.1 Å². The van der Waals surface area contributed by atoms with Crippen LogP contribution in [0.5, 0.6) is 0 Å². The maximum Gasteiger partial charge on any atom is 0.187 e. The third-order valence-electron chi connectivity index (χ3n) is 2.92. The van der Waals surface area contributed by atoms with Gasteiger partial charge in [-0.3, -0.25) is 4.79 Å². The van der Waals surface area contributed by atoms with Gasteiger partial charge >= 0.3 is 0 Å². The van der Waals surface area contributed by atoms with Crippen LogP contribution < -0.4 is 4.90 Å². The molecule has 3 nitrogen and oxygen atoms in total. The van der Waals surface area contributed by atoms with Crippen molar-refractivity contribution >= 4 is 46.0 Å². The summed E-state index contributed by atoms with van der Waals surface area (Å²) in [5.41, 5.74) is 1.08. The van der Waals surface area contributed by atoms with Gasteiger partial charge < -0.3 is 4.90 Å². The van der Waals surface area contributed by atoms with Crippen molar-refractivity contribution in [3.05, 3.63) is 44.9 Å². The second kappa shape index (κ2) is 5.90. The average molecular weight is 315 g/mol. The van der Waals surface area contributed by atoms with E-state index in [2.05, 4.69) is 4.98 Å².